The highest BCUT2D eigenvalue weighted by atomic mass is 16.3. The molecule has 0 bridgehead atoms. The topological polar surface area (TPSA) is 63.3 Å². The molecule has 1 saturated carbocycles. The molecule has 3 N–H and O–H groups in total. The summed E-state index contributed by atoms with van der Waals surface area (Å²) in [7, 11) is 0. The summed E-state index contributed by atoms with van der Waals surface area (Å²) >= 11 is 0. The van der Waals surface area contributed by atoms with E-state index in [0.29, 0.717) is 0 Å². The first kappa shape index (κ1) is 9.21. The summed E-state index contributed by atoms with van der Waals surface area (Å²) in [6.07, 6.45) is 1.61. The molecule has 2 rings (SSSR count). The lowest BCUT2D eigenvalue weighted by molar-refractivity contribution is -0.120. The van der Waals surface area contributed by atoms with Crippen LogP contribution in [0.2, 0.25) is 0 Å². The van der Waals surface area contributed by atoms with E-state index in [-0.39, 0.29) is 12.5 Å². The number of benzene rings is 1. The summed E-state index contributed by atoms with van der Waals surface area (Å²) < 4.78 is 0. The van der Waals surface area contributed by atoms with Crippen LogP contribution in [0.25, 0.3) is 0 Å². The van der Waals surface area contributed by atoms with Crippen molar-refractivity contribution in [3.05, 3.63) is 35.4 Å². The van der Waals surface area contributed by atoms with Crippen molar-refractivity contribution in [3.63, 3.8) is 0 Å². The molecule has 0 aromatic heterocycles. The third-order valence-electron chi connectivity index (χ3n) is 2.92. The van der Waals surface area contributed by atoms with E-state index >= 15 is 0 Å². The Morgan fingerprint density at radius 3 is 2.57 bits per heavy atom. The van der Waals surface area contributed by atoms with Gasteiger partial charge in [-0.2, -0.15) is 0 Å². The molecule has 1 fully saturated rings. The van der Waals surface area contributed by atoms with Crippen molar-refractivity contribution >= 4 is 5.91 Å². The van der Waals surface area contributed by atoms with Crippen LogP contribution in [0.3, 0.4) is 0 Å². The van der Waals surface area contributed by atoms with Crippen LogP contribution in [0.15, 0.2) is 24.3 Å². The van der Waals surface area contributed by atoms with E-state index in [9.17, 15) is 4.79 Å². The summed E-state index contributed by atoms with van der Waals surface area (Å²) in [6, 6.07) is 7.44. The van der Waals surface area contributed by atoms with Crippen LogP contribution in [-0.2, 0) is 16.8 Å². The molecule has 0 spiro atoms. The second-order valence-electron chi connectivity index (χ2n) is 3.76. The third-order valence-corrected chi connectivity index (χ3v) is 2.92. The number of aliphatic hydroxyl groups excluding tert-OH is 1. The lowest BCUT2D eigenvalue weighted by Crippen LogP contribution is -2.29. The molecule has 0 unspecified atom stereocenters. The third kappa shape index (κ3) is 1.21. The number of rotatable bonds is 3. The number of aliphatic hydroxyl groups is 1. The van der Waals surface area contributed by atoms with E-state index < -0.39 is 5.41 Å². The van der Waals surface area contributed by atoms with E-state index in [1.165, 1.54) is 0 Å². The summed E-state index contributed by atoms with van der Waals surface area (Å²) in [6.45, 7) is -0.0365. The lowest BCUT2D eigenvalue weighted by Gasteiger charge is -2.14. The Kier molecular flexibility index (Phi) is 2.04. The minimum atomic E-state index is -0.487. The molecule has 14 heavy (non-hydrogen) atoms. The van der Waals surface area contributed by atoms with Crippen molar-refractivity contribution in [1.29, 1.82) is 0 Å². The first-order valence-electron chi connectivity index (χ1n) is 4.70. The van der Waals surface area contributed by atoms with Gasteiger partial charge in [-0.05, 0) is 24.0 Å². The number of carbonyl (C=O) groups is 1. The Morgan fingerprint density at radius 1 is 1.43 bits per heavy atom. The average Bonchev–Trinajstić information content (AvgIpc) is 2.98. The Balaban J connectivity index is 2.46. The van der Waals surface area contributed by atoms with Crippen LogP contribution in [-0.4, -0.2) is 11.0 Å². The maximum Gasteiger partial charge on any atom is 0.228 e. The van der Waals surface area contributed by atoms with Crippen LogP contribution >= 0.6 is 0 Å². The number of nitrogens with two attached hydrogens (primary N) is 1. The smallest absolute Gasteiger partial charge is 0.228 e. The fourth-order valence-electron chi connectivity index (χ4n) is 1.90. The average molecular weight is 191 g/mol. The monoisotopic (exact) mass is 191 g/mol. The zero-order valence-electron chi connectivity index (χ0n) is 7.86. The molecular weight excluding hydrogens is 178 g/mol. The molecule has 1 aromatic rings. The second kappa shape index (κ2) is 3.10. The molecular formula is C11H13NO2. The quantitative estimate of drug-likeness (QED) is 0.738. The molecule has 74 valence electrons. The molecule has 1 aliphatic carbocycles. The Bertz CT molecular complexity index is 369. The molecule has 0 heterocycles. The summed E-state index contributed by atoms with van der Waals surface area (Å²) in [5.41, 5.74) is 6.59. The van der Waals surface area contributed by atoms with E-state index in [2.05, 4.69) is 0 Å². The van der Waals surface area contributed by atoms with Gasteiger partial charge in [0.2, 0.25) is 5.91 Å². The number of hydrogen-bond acceptors (Lipinski definition) is 2. The van der Waals surface area contributed by atoms with Gasteiger partial charge in [0, 0.05) is 0 Å². The van der Waals surface area contributed by atoms with Crippen LogP contribution in [0.4, 0.5) is 0 Å². The minimum Gasteiger partial charge on any atom is -0.392 e. The first-order chi connectivity index (χ1) is 6.70. The fraction of sp³-hybridized carbons (Fsp3) is 0.364. The standard InChI is InChI=1S/C11H13NO2/c12-10(14)11(5-6-11)9-4-2-1-3-8(9)7-13/h1-4,13H,5-7H2,(H2,12,14). The minimum absolute atomic E-state index is 0.0365. The van der Waals surface area contributed by atoms with E-state index in [4.69, 9.17) is 10.8 Å². The zero-order chi connectivity index (χ0) is 10.2. The molecule has 0 atom stereocenters. The summed E-state index contributed by atoms with van der Waals surface area (Å²) in [5.74, 6) is -0.279. The van der Waals surface area contributed by atoms with Gasteiger partial charge in [0.05, 0.1) is 12.0 Å². The molecule has 0 saturated heterocycles. The Hall–Kier alpha value is -1.35. The molecule has 0 radical (unpaired) electrons. The molecule has 1 aromatic carbocycles. The van der Waals surface area contributed by atoms with Crippen LogP contribution in [0.5, 0.6) is 0 Å². The predicted molar refractivity (Wildman–Crippen MR) is 52.5 cm³/mol. The SMILES string of the molecule is NC(=O)C1(c2ccccc2CO)CC1. The first-order valence-corrected chi connectivity index (χ1v) is 4.70. The van der Waals surface area contributed by atoms with E-state index in [1.54, 1.807) is 0 Å². The maximum atomic E-state index is 11.3. The Morgan fingerprint density at radius 2 is 2.07 bits per heavy atom. The van der Waals surface area contributed by atoms with Gasteiger partial charge in [0.25, 0.3) is 0 Å². The van der Waals surface area contributed by atoms with Crippen LogP contribution < -0.4 is 5.73 Å². The molecule has 1 aliphatic rings. The number of amides is 1. The second-order valence-corrected chi connectivity index (χ2v) is 3.76. The summed E-state index contributed by atoms with van der Waals surface area (Å²) in [5, 5.41) is 9.14. The van der Waals surface area contributed by atoms with Crippen molar-refractivity contribution in [2.24, 2.45) is 5.73 Å². The molecule has 3 heteroatoms. The zero-order valence-corrected chi connectivity index (χ0v) is 7.86. The largest absolute Gasteiger partial charge is 0.392 e. The normalized spacial score (nSPS) is 17.8. The van der Waals surface area contributed by atoms with Gasteiger partial charge < -0.3 is 10.8 Å². The molecule has 1 amide bonds. The van der Waals surface area contributed by atoms with Gasteiger partial charge in [-0.3, -0.25) is 4.79 Å². The predicted octanol–water partition coefficient (Wildman–Crippen LogP) is 0.696. The van der Waals surface area contributed by atoms with E-state index in [1.807, 2.05) is 24.3 Å². The van der Waals surface area contributed by atoms with Crippen molar-refractivity contribution in [1.82, 2.24) is 0 Å². The molecule has 3 nitrogen and oxygen atoms in total. The number of hydrogen-bond donors (Lipinski definition) is 2. The van der Waals surface area contributed by atoms with Gasteiger partial charge in [-0.15, -0.1) is 0 Å². The van der Waals surface area contributed by atoms with Crippen molar-refractivity contribution in [2.75, 3.05) is 0 Å². The van der Waals surface area contributed by atoms with Gasteiger partial charge in [-0.25, -0.2) is 0 Å². The lowest BCUT2D eigenvalue weighted by atomic mass is 9.91. The molecule has 0 aliphatic heterocycles. The van der Waals surface area contributed by atoms with Crippen molar-refractivity contribution in [3.8, 4) is 0 Å². The van der Waals surface area contributed by atoms with Gasteiger partial charge in [-0.1, -0.05) is 24.3 Å². The highest BCUT2D eigenvalue weighted by Gasteiger charge is 2.50. The van der Waals surface area contributed by atoms with Crippen molar-refractivity contribution < 1.29 is 9.90 Å². The fourth-order valence-corrected chi connectivity index (χ4v) is 1.90. The van der Waals surface area contributed by atoms with Crippen molar-refractivity contribution in [2.45, 2.75) is 24.9 Å². The Labute approximate surface area is 82.5 Å². The van der Waals surface area contributed by atoms with Crippen LogP contribution in [0.1, 0.15) is 24.0 Å². The van der Waals surface area contributed by atoms with Gasteiger partial charge in [0.15, 0.2) is 0 Å². The number of carbonyl (C=O) groups excluding carboxylic acids is 1. The highest BCUT2D eigenvalue weighted by Crippen LogP contribution is 2.49. The maximum absolute atomic E-state index is 11.3. The highest BCUT2D eigenvalue weighted by molar-refractivity contribution is 5.90. The van der Waals surface area contributed by atoms with Gasteiger partial charge in [0.1, 0.15) is 0 Å². The number of primary amides is 1. The summed E-state index contributed by atoms with van der Waals surface area (Å²) in [4.78, 5) is 11.3. The van der Waals surface area contributed by atoms with Crippen LogP contribution in [0, 0.1) is 0 Å². The van der Waals surface area contributed by atoms with Gasteiger partial charge >= 0.3 is 0 Å². The van der Waals surface area contributed by atoms with E-state index in [0.717, 1.165) is 24.0 Å².